The third-order valence-electron chi connectivity index (χ3n) is 3.33. The fourth-order valence-corrected chi connectivity index (χ4v) is 2.47. The van der Waals surface area contributed by atoms with Gasteiger partial charge in [-0.05, 0) is 12.8 Å². The molecule has 0 spiro atoms. The minimum atomic E-state index is 0.0993. The summed E-state index contributed by atoms with van der Waals surface area (Å²) in [6.45, 7) is 9.36. The van der Waals surface area contributed by atoms with Crippen LogP contribution in [0.5, 0.6) is 0 Å². The number of aromatic nitrogens is 2. The van der Waals surface area contributed by atoms with Crippen LogP contribution in [-0.4, -0.2) is 29.0 Å². The van der Waals surface area contributed by atoms with Crippen LogP contribution in [0.15, 0.2) is 6.20 Å². The van der Waals surface area contributed by atoms with Crippen molar-refractivity contribution >= 4 is 0 Å². The second-order valence-electron chi connectivity index (χ2n) is 6.19. The zero-order chi connectivity index (χ0) is 13.2. The highest BCUT2D eigenvalue weighted by Gasteiger charge is 2.22. The molecule has 1 aromatic rings. The Morgan fingerprint density at radius 2 is 2.28 bits per heavy atom. The fraction of sp³-hybridized carbons (Fsp3) is 0.786. The molecule has 1 aliphatic rings. The molecule has 0 radical (unpaired) electrons. The monoisotopic (exact) mass is 251 g/mol. The van der Waals surface area contributed by atoms with Crippen molar-refractivity contribution < 1.29 is 4.74 Å². The lowest BCUT2D eigenvalue weighted by Gasteiger charge is -2.18. The zero-order valence-electron chi connectivity index (χ0n) is 12.0. The summed E-state index contributed by atoms with van der Waals surface area (Å²) >= 11 is 0. The minimum Gasteiger partial charge on any atom is -0.377 e. The number of nitrogens with zero attached hydrogens (tertiary/aromatic N) is 2. The van der Waals surface area contributed by atoms with Crippen LogP contribution >= 0.6 is 0 Å². The van der Waals surface area contributed by atoms with Crippen molar-refractivity contribution in [1.82, 2.24) is 15.1 Å². The van der Waals surface area contributed by atoms with Crippen molar-refractivity contribution in [3.63, 3.8) is 0 Å². The molecule has 1 aliphatic heterocycles. The van der Waals surface area contributed by atoms with Gasteiger partial charge in [0.25, 0.3) is 0 Å². The van der Waals surface area contributed by atoms with Gasteiger partial charge in [0.1, 0.15) is 0 Å². The van der Waals surface area contributed by atoms with Gasteiger partial charge in [-0.25, -0.2) is 0 Å². The largest absolute Gasteiger partial charge is 0.377 e. The van der Waals surface area contributed by atoms with Gasteiger partial charge in [-0.15, -0.1) is 0 Å². The molecular formula is C14H25N3O. The fourth-order valence-electron chi connectivity index (χ4n) is 2.47. The van der Waals surface area contributed by atoms with Crippen LogP contribution in [0.2, 0.25) is 0 Å². The summed E-state index contributed by atoms with van der Waals surface area (Å²) < 4.78 is 7.52. The van der Waals surface area contributed by atoms with E-state index < -0.39 is 0 Å². The Labute approximate surface area is 110 Å². The maximum absolute atomic E-state index is 5.61. The lowest BCUT2D eigenvalue weighted by molar-refractivity contribution is 0.110. The van der Waals surface area contributed by atoms with Crippen molar-refractivity contribution in [2.75, 3.05) is 13.2 Å². The van der Waals surface area contributed by atoms with Gasteiger partial charge in [0.05, 0.1) is 11.8 Å². The molecule has 1 fully saturated rings. The van der Waals surface area contributed by atoms with Crippen LogP contribution in [0.25, 0.3) is 0 Å². The first kappa shape index (κ1) is 13.6. The Balaban J connectivity index is 1.92. The second-order valence-corrected chi connectivity index (χ2v) is 6.19. The Kier molecular flexibility index (Phi) is 4.07. The zero-order valence-corrected chi connectivity index (χ0v) is 12.0. The highest BCUT2D eigenvalue weighted by atomic mass is 16.5. The van der Waals surface area contributed by atoms with E-state index in [4.69, 9.17) is 4.74 Å². The van der Waals surface area contributed by atoms with E-state index in [1.54, 1.807) is 0 Å². The van der Waals surface area contributed by atoms with Gasteiger partial charge in [-0.3, -0.25) is 4.68 Å². The summed E-state index contributed by atoms with van der Waals surface area (Å²) in [5, 5.41) is 8.07. The first-order chi connectivity index (χ1) is 8.47. The van der Waals surface area contributed by atoms with Gasteiger partial charge in [0.15, 0.2) is 0 Å². The van der Waals surface area contributed by atoms with E-state index in [2.05, 4.69) is 37.4 Å². The van der Waals surface area contributed by atoms with E-state index in [1.807, 2.05) is 11.7 Å². The number of nitrogens with one attached hydrogen (secondary N) is 1. The average Bonchev–Trinajstić information content (AvgIpc) is 2.87. The summed E-state index contributed by atoms with van der Waals surface area (Å²) in [6, 6.07) is 0. The molecule has 0 aromatic carbocycles. The number of hydrogen-bond donors (Lipinski definition) is 1. The molecular weight excluding hydrogens is 226 g/mol. The van der Waals surface area contributed by atoms with E-state index in [-0.39, 0.29) is 5.41 Å². The van der Waals surface area contributed by atoms with E-state index in [0.29, 0.717) is 6.10 Å². The van der Waals surface area contributed by atoms with E-state index in [1.165, 1.54) is 24.1 Å². The molecule has 1 atom stereocenters. The lowest BCUT2D eigenvalue weighted by Crippen LogP contribution is -2.27. The van der Waals surface area contributed by atoms with Crippen LogP contribution in [0.4, 0.5) is 0 Å². The molecule has 0 aliphatic carbocycles. The molecule has 1 unspecified atom stereocenters. The third kappa shape index (κ3) is 3.33. The Morgan fingerprint density at radius 1 is 1.50 bits per heavy atom. The molecule has 0 amide bonds. The highest BCUT2D eigenvalue weighted by molar-refractivity contribution is 5.23. The van der Waals surface area contributed by atoms with Gasteiger partial charge in [0, 0.05) is 43.9 Å². The van der Waals surface area contributed by atoms with Crippen molar-refractivity contribution in [1.29, 1.82) is 0 Å². The summed E-state index contributed by atoms with van der Waals surface area (Å²) in [7, 11) is 1.98. The van der Waals surface area contributed by atoms with Crippen molar-refractivity contribution in [3.8, 4) is 0 Å². The maximum Gasteiger partial charge on any atom is 0.0722 e. The third-order valence-corrected chi connectivity index (χ3v) is 3.33. The van der Waals surface area contributed by atoms with Gasteiger partial charge >= 0.3 is 0 Å². The van der Waals surface area contributed by atoms with Crippen LogP contribution in [0, 0.1) is 0 Å². The van der Waals surface area contributed by atoms with E-state index >= 15 is 0 Å². The lowest BCUT2D eigenvalue weighted by atomic mass is 9.89. The molecule has 1 aromatic heterocycles. The Bertz CT molecular complexity index is 386. The van der Waals surface area contributed by atoms with E-state index in [0.717, 1.165) is 19.7 Å². The SMILES string of the molecule is Cn1cc(CNCC2CCCO2)c(C(C)(C)C)n1. The summed E-state index contributed by atoms with van der Waals surface area (Å²) in [5.74, 6) is 0. The molecule has 4 nitrogen and oxygen atoms in total. The van der Waals surface area contributed by atoms with Crippen LogP contribution in [0.1, 0.15) is 44.9 Å². The van der Waals surface area contributed by atoms with E-state index in [9.17, 15) is 0 Å². The minimum absolute atomic E-state index is 0.0993. The molecule has 2 rings (SSSR count). The summed E-state index contributed by atoms with van der Waals surface area (Å²) in [5.41, 5.74) is 2.58. The van der Waals surface area contributed by atoms with Crippen LogP contribution in [0.3, 0.4) is 0 Å². The molecule has 102 valence electrons. The van der Waals surface area contributed by atoms with Crippen molar-refractivity contribution in [2.45, 2.75) is 51.7 Å². The standard InChI is InChI=1S/C14H25N3O/c1-14(2,3)13-11(10-17(4)16-13)8-15-9-12-6-5-7-18-12/h10,12,15H,5-9H2,1-4H3. The van der Waals surface area contributed by atoms with Gasteiger partial charge in [-0.2, -0.15) is 5.10 Å². The summed E-state index contributed by atoms with van der Waals surface area (Å²) in [4.78, 5) is 0. The number of aryl methyl sites for hydroxylation is 1. The molecule has 0 bridgehead atoms. The molecule has 2 heterocycles. The first-order valence-electron chi connectivity index (χ1n) is 6.82. The van der Waals surface area contributed by atoms with Gasteiger partial charge in [0.2, 0.25) is 0 Å². The predicted octanol–water partition coefficient (Wildman–Crippen LogP) is 1.99. The first-order valence-corrected chi connectivity index (χ1v) is 6.82. The average molecular weight is 251 g/mol. The number of hydrogen-bond acceptors (Lipinski definition) is 3. The van der Waals surface area contributed by atoms with Gasteiger partial charge < -0.3 is 10.1 Å². The Morgan fingerprint density at radius 3 is 2.89 bits per heavy atom. The van der Waals surface area contributed by atoms with Crippen molar-refractivity contribution in [2.24, 2.45) is 7.05 Å². The normalized spacial score (nSPS) is 20.6. The second kappa shape index (κ2) is 5.41. The molecule has 18 heavy (non-hydrogen) atoms. The Hall–Kier alpha value is -0.870. The quantitative estimate of drug-likeness (QED) is 0.889. The van der Waals surface area contributed by atoms with Crippen LogP contribution < -0.4 is 5.32 Å². The van der Waals surface area contributed by atoms with Crippen LogP contribution in [-0.2, 0) is 23.7 Å². The predicted molar refractivity (Wildman–Crippen MR) is 72.6 cm³/mol. The molecule has 4 heteroatoms. The smallest absolute Gasteiger partial charge is 0.0722 e. The molecule has 1 saturated heterocycles. The number of rotatable bonds is 4. The summed E-state index contributed by atoms with van der Waals surface area (Å²) in [6.07, 6.45) is 4.90. The van der Waals surface area contributed by atoms with Gasteiger partial charge in [-0.1, -0.05) is 20.8 Å². The van der Waals surface area contributed by atoms with Crippen molar-refractivity contribution in [3.05, 3.63) is 17.5 Å². The maximum atomic E-state index is 5.61. The highest BCUT2D eigenvalue weighted by Crippen LogP contribution is 2.24. The topological polar surface area (TPSA) is 39.1 Å². The molecule has 0 saturated carbocycles. The molecule has 1 N–H and O–H groups in total. The number of ether oxygens (including phenoxy) is 1.